The molecule has 1 N–H and O–H groups in total. The number of aromatic nitrogens is 1. The molecular weight excluding hydrogens is 232 g/mol. The highest BCUT2D eigenvalue weighted by atomic mass is 16.3. The maximum absolute atomic E-state index is 11.6. The number of amides is 1. The lowest BCUT2D eigenvalue weighted by molar-refractivity contribution is -0.138. The van der Waals surface area contributed by atoms with Crippen molar-refractivity contribution in [3.05, 3.63) is 29.7 Å². The van der Waals surface area contributed by atoms with E-state index in [1.54, 1.807) is 14.0 Å². The molecule has 0 aliphatic rings. The zero-order chi connectivity index (χ0) is 13.3. The van der Waals surface area contributed by atoms with Crippen LogP contribution >= 0.6 is 0 Å². The van der Waals surface area contributed by atoms with Crippen LogP contribution in [0.15, 0.2) is 22.6 Å². The van der Waals surface area contributed by atoms with Gasteiger partial charge in [0.15, 0.2) is 11.5 Å². The maximum atomic E-state index is 11.6. The van der Waals surface area contributed by atoms with Gasteiger partial charge in [-0.25, -0.2) is 4.98 Å². The molecule has 1 amide bonds. The van der Waals surface area contributed by atoms with Gasteiger partial charge in [0.2, 0.25) is 0 Å². The largest absolute Gasteiger partial charge is 0.441 e. The first-order chi connectivity index (χ1) is 8.47. The number of likely N-dealkylation sites (N-methyl/N-ethyl adjacent to an activating group) is 1. The fraction of sp³-hybridized carbons (Fsp3) is 0.385. The second kappa shape index (κ2) is 4.78. The molecule has 2 rings (SSSR count). The molecule has 5 heteroatoms. The van der Waals surface area contributed by atoms with Gasteiger partial charge in [-0.05, 0) is 24.6 Å². The summed E-state index contributed by atoms with van der Waals surface area (Å²) >= 11 is 0. The number of aryl methyl sites for hydroxylation is 1. The van der Waals surface area contributed by atoms with E-state index in [4.69, 9.17) is 4.42 Å². The lowest BCUT2D eigenvalue weighted by Gasteiger charge is -2.18. The molecule has 0 fully saturated rings. The third kappa shape index (κ3) is 2.51. The van der Waals surface area contributed by atoms with E-state index in [9.17, 15) is 9.90 Å². The third-order valence-corrected chi connectivity index (χ3v) is 2.71. The molecule has 2 aromatic rings. The number of aliphatic hydroxyl groups is 1. The molecule has 0 aliphatic carbocycles. The molecule has 96 valence electrons. The van der Waals surface area contributed by atoms with Crippen LogP contribution in [0.4, 0.5) is 0 Å². The van der Waals surface area contributed by atoms with E-state index in [-0.39, 0.29) is 5.91 Å². The number of carbonyl (C=O) groups is 1. The van der Waals surface area contributed by atoms with Crippen molar-refractivity contribution >= 4 is 17.0 Å². The van der Waals surface area contributed by atoms with Crippen LogP contribution in [0.3, 0.4) is 0 Å². The van der Waals surface area contributed by atoms with Crippen LogP contribution in [0.5, 0.6) is 0 Å². The van der Waals surface area contributed by atoms with Crippen molar-refractivity contribution in [1.82, 2.24) is 9.88 Å². The number of nitrogens with zero attached hydrogens (tertiary/aromatic N) is 2. The summed E-state index contributed by atoms with van der Waals surface area (Å²) in [6.45, 7) is 3.69. The molecule has 1 unspecified atom stereocenters. The van der Waals surface area contributed by atoms with E-state index in [1.165, 1.54) is 11.8 Å². The Morgan fingerprint density at radius 2 is 2.28 bits per heavy atom. The summed E-state index contributed by atoms with van der Waals surface area (Å²) in [5.41, 5.74) is 2.47. The van der Waals surface area contributed by atoms with E-state index < -0.39 is 6.10 Å². The van der Waals surface area contributed by atoms with E-state index in [2.05, 4.69) is 4.98 Å². The van der Waals surface area contributed by atoms with Gasteiger partial charge < -0.3 is 14.4 Å². The molecule has 0 spiro atoms. The van der Waals surface area contributed by atoms with Crippen LogP contribution in [0, 0.1) is 6.92 Å². The number of hydrogen-bond acceptors (Lipinski definition) is 4. The molecule has 0 bridgehead atoms. The smallest absolute Gasteiger partial charge is 0.251 e. The number of benzene rings is 1. The van der Waals surface area contributed by atoms with Gasteiger partial charge >= 0.3 is 0 Å². The molecule has 1 aromatic carbocycles. The topological polar surface area (TPSA) is 66.6 Å². The summed E-state index contributed by atoms with van der Waals surface area (Å²) in [6.07, 6.45) is -0.979. The van der Waals surface area contributed by atoms with Crippen LogP contribution in [-0.4, -0.2) is 34.0 Å². The van der Waals surface area contributed by atoms with Gasteiger partial charge in [-0.1, -0.05) is 6.07 Å². The minimum atomic E-state index is -0.979. The Kier molecular flexibility index (Phi) is 3.34. The average molecular weight is 248 g/mol. The lowest BCUT2D eigenvalue weighted by atomic mass is 10.2. The predicted molar refractivity (Wildman–Crippen MR) is 66.9 cm³/mol. The van der Waals surface area contributed by atoms with Crippen LogP contribution in [-0.2, 0) is 11.3 Å². The zero-order valence-corrected chi connectivity index (χ0v) is 10.7. The zero-order valence-electron chi connectivity index (χ0n) is 10.7. The van der Waals surface area contributed by atoms with Crippen molar-refractivity contribution < 1.29 is 14.3 Å². The highest BCUT2D eigenvalue weighted by Crippen LogP contribution is 2.17. The van der Waals surface area contributed by atoms with Crippen molar-refractivity contribution in [2.75, 3.05) is 7.05 Å². The van der Waals surface area contributed by atoms with Gasteiger partial charge in [0.25, 0.3) is 5.91 Å². The van der Waals surface area contributed by atoms with Gasteiger partial charge in [-0.2, -0.15) is 0 Å². The summed E-state index contributed by atoms with van der Waals surface area (Å²) in [5, 5.41) is 9.23. The number of carbonyl (C=O) groups excluding carboxylic acids is 1. The SMILES string of the molecule is Cc1nc2cc(CN(C)C(=O)C(C)O)ccc2o1. The van der Waals surface area contributed by atoms with Crippen molar-refractivity contribution in [3.63, 3.8) is 0 Å². The van der Waals surface area contributed by atoms with E-state index in [1.807, 2.05) is 18.2 Å². The van der Waals surface area contributed by atoms with Crippen LogP contribution in [0.25, 0.3) is 11.1 Å². The van der Waals surface area contributed by atoms with Crippen molar-refractivity contribution in [2.24, 2.45) is 0 Å². The number of oxazole rings is 1. The summed E-state index contributed by atoms with van der Waals surface area (Å²) in [6, 6.07) is 5.61. The Hall–Kier alpha value is -1.88. The fourth-order valence-electron chi connectivity index (χ4n) is 1.86. The Morgan fingerprint density at radius 1 is 1.56 bits per heavy atom. The number of aliphatic hydroxyl groups excluding tert-OH is 1. The van der Waals surface area contributed by atoms with Gasteiger partial charge in [-0.3, -0.25) is 4.79 Å². The van der Waals surface area contributed by atoms with E-state index in [0.717, 1.165) is 16.7 Å². The highest BCUT2D eigenvalue weighted by Gasteiger charge is 2.15. The first-order valence-electron chi connectivity index (χ1n) is 5.76. The minimum absolute atomic E-state index is 0.300. The average Bonchev–Trinajstić information content (AvgIpc) is 2.67. The summed E-state index contributed by atoms with van der Waals surface area (Å²) in [4.78, 5) is 17.3. The first-order valence-corrected chi connectivity index (χ1v) is 5.76. The van der Waals surface area contributed by atoms with Gasteiger partial charge in [0.05, 0.1) is 0 Å². The summed E-state index contributed by atoms with van der Waals surface area (Å²) in [5.74, 6) is 0.321. The Bertz CT molecular complexity index is 575. The van der Waals surface area contributed by atoms with E-state index >= 15 is 0 Å². The maximum Gasteiger partial charge on any atom is 0.251 e. The molecule has 0 saturated heterocycles. The molecule has 18 heavy (non-hydrogen) atoms. The monoisotopic (exact) mass is 248 g/mol. The highest BCUT2D eigenvalue weighted by molar-refractivity contribution is 5.80. The molecular formula is C13H16N2O3. The van der Waals surface area contributed by atoms with Crippen molar-refractivity contribution in [3.8, 4) is 0 Å². The number of hydrogen-bond donors (Lipinski definition) is 1. The van der Waals surface area contributed by atoms with Crippen LogP contribution < -0.4 is 0 Å². The molecule has 1 heterocycles. The Balaban J connectivity index is 2.19. The van der Waals surface area contributed by atoms with Crippen LogP contribution in [0.1, 0.15) is 18.4 Å². The molecule has 1 aromatic heterocycles. The van der Waals surface area contributed by atoms with Crippen molar-refractivity contribution in [1.29, 1.82) is 0 Å². The standard InChI is InChI=1S/C13H16N2O3/c1-8(16)13(17)15(3)7-10-4-5-12-11(6-10)14-9(2)18-12/h4-6,8,16H,7H2,1-3H3. The normalized spacial score (nSPS) is 12.7. The summed E-state index contributed by atoms with van der Waals surface area (Å²) < 4.78 is 5.38. The Morgan fingerprint density at radius 3 is 2.94 bits per heavy atom. The minimum Gasteiger partial charge on any atom is -0.441 e. The lowest BCUT2D eigenvalue weighted by Crippen LogP contribution is -2.34. The molecule has 1 atom stereocenters. The molecule has 0 radical (unpaired) electrons. The van der Waals surface area contributed by atoms with Gasteiger partial charge in [0.1, 0.15) is 11.6 Å². The first kappa shape index (κ1) is 12.6. The molecule has 0 aliphatic heterocycles. The second-order valence-corrected chi connectivity index (χ2v) is 4.41. The van der Waals surface area contributed by atoms with Crippen LogP contribution in [0.2, 0.25) is 0 Å². The predicted octanol–water partition coefficient (Wildman–Crippen LogP) is 1.48. The number of fused-ring (bicyclic) bond motifs is 1. The number of rotatable bonds is 3. The second-order valence-electron chi connectivity index (χ2n) is 4.41. The van der Waals surface area contributed by atoms with Gasteiger partial charge in [-0.15, -0.1) is 0 Å². The quantitative estimate of drug-likeness (QED) is 0.893. The third-order valence-electron chi connectivity index (χ3n) is 2.71. The van der Waals surface area contributed by atoms with Gasteiger partial charge in [0, 0.05) is 20.5 Å². The fourth-order valence-corrected chi connectivity index (χ4v) is 1.86. The summed E-state index contributed by atoms with van der Waals surface area (Å²) in [7, 11) is 1.66. The van der Waals surface area contributed by atoms with E-state index in [0.29, 0.717) is 12.4 Å². The molecule has 0 saturated carbocycles. The Labute approximate surface area is 105 Å². The van der Waals surface area contributed by atoms with Crippen molar-refractivity contribution in [2.45, 2.75) is 26.5 Å². The molecule has 5 nitrogen and oxygen atoms in total.